The summed E-state index contributed by atoms with van der Waals surface area (Å²) in [5.41, 5.74) is -0.527. The molecule has 132 valence electrons. The normalized spacial score (nSPS) is 12.0. The van der Waals surface area contributed by atoms with Gasteiger partial charge in [0, 0.05) is 25.2 Å². The molecule has 0 spiro atoms. The van der Waals surface area contributed by atoms with Crippen LogP contribution >= 0.6 is 0 Å². The number of carbonyl (C=O) groups excluding carboxylic acids is 1. The van der Waals surface area contributed by atoms with Crippen LogP contribution in [0.4, 0.5) is 13.2 Å². The lowest BCUT2D eigenvalue weighted by atomic mass is 10.3. The predicted octanol–water partition coefficient (Wildman–Crippen LogP) is 2.45. The van der Waals surface area contributed by atoms with Gasteiger partial charge in [0.05, 0.1) is 0 Å². The van der Waals surface area contributed by atoms with E-state index >= 15 is 0 Å². The first-order chi connectivity index (χ1) is 10.8. The average Bonchev–Trinajstić information content (AvgIpc) is 2.86. The molecule has 23 heavy (non-hydrogen) atoms. The maximum atomic E-state index is 12.6. The summed E-state index contributed by atoms with van der Waals surface area (Å²) in [5, 5.41) is 6.28. The van der Waals surface area contributed by atoms with Crippen LogP contribution in [0.5, 0.6) is 0 Å². The maximum absolute atomic E-state index is 12.6. The molecule has 0 radical (unpaired) electrons. The third-order valence-electron chi connectivity index (χ3n) is 3.69. The summed E-state index contributed by atoms with van der Waals surface area (Å²) in [5.74, 6) is -0.173. The zero-order valence-electron chi connectivity index (χ0n) is 13.9. The molecule has 1 heterocycles. The van der Waals surface area contributed by atoms with E-state index in [-0.39, 0.29) is 18.9 Å². The summed E-state index contributed by atoms with van der Waals surface area (Å²) in [6, 6.07) is 0.988. The Labute approximate surface area is 134 Å². The number of aromatic nitrogens is 2. The van der Waals surface area contributed by atoms with Crippen LogP contribution in [0.1, 0.15) is 38.1 Å². The number of nitrogens with zero attached hydrogens (tertiary/aromatic N) is 3. The summed E-state index contributed by atoms with van der Waals surface area (Å²) in [4.78, 5) is 14.0. The third kappa shape index (κ3) is 6.60. The van der Waals surface area contributed by atoms with Crippen LogP contribution in [0.15, 0.2) is 6.07 Å². The third-order valence-corrected chi connectivity index (χ3v) is 3.69. The van der Waals surface area contributed by atoms with E-state index in [1.54, 1.807) is 6.92 Å². The minimum atomic E-state index is -4.46. The standard InChI is InChI=1S/C15H25F3N4O/c1-4-21(5-2)9-6-8-19-14(23)7-10-22-12(3)11-13(20-22)15(16,17)18/h11H,4-10H2,1-3H3,(H,19,23). The molecule has 1 aromatic rings. The largest absolute Gasteiger partial charge is 0.435 e. The fraction of sp³-hybridized carbons (Fsp3) is 0.733. The van der Waals surface area contributed by atoms with Crippen molar-refractivity contribution in [3.8, 4) is 0 Å². The highest BCUT2D eigenvalue weighted by molar-refractivity contribution is 5.75. The molecule has 8 heteroatoms. The Morgan fingerprint density at radius 1 is 1.35 bits per heavy atom. The molecule has 1 rings (SSSR count). The Kier molecular flexibility index (Phi) is 7.54. The molecule has 0 aliphatic heterocycles. The Morgan fingerprint density at radius 3 is 2.52 bits per heavy atom. The second kappa shape index (κ2) is 8.90. The Morgan fingerprint density at radius 2 is 2.00 bits per heavy atom. The Balaban J connectivity index is 2.32. The van der Waals surface area contributed by atoms with E-state index in [1.807, 2.05) is 0 Å². The fourth-order valence-electron chi connectivity index (χ4n) is 2.24. The first-order valence-electron chi connectivity index (χ1n) is 7.88. The molecule has 0 saturated heterocycles. The lowest BCUT2D eigenvalue weighted by Gasteiger charge is -2.17. The molecule has 1 N–H and O–H groups in total. The molecule has 0 atom stereocenters. The molecule has 1 amide bonds. The number of nitrogens with one attached hydrogen (secondary N) is 1. The van der Waals surface area contributed by atoms with Crippen LogP contribution in [-0.2, 0) is 17.5 Å². The van der Waals surface area contributed by atoms with Gasteiger partial charge in [-0.05, 0) is 39.0 Å². The van der Waals surface area contributed by atoms with Gasteiger partial charge in [-0.3, -0.25) is 9.48 Å². The van der Waals surface area contributed by atoms with Crippen molar-refractivity contribution in [3.05, 3.63) is 17.5 Å². The smallest absolute Gasteiger partial charge is 0.356 e. The first kappa shape index (κ1) is 19.5. The molecular formula is C15H25F3N4O. The van der Waals surface area contributed by atoms with Gasteiger partial charge in [0.25, 0.3) is 0 Å². The molecular weight excluding hydrogens is 309 g/mol. The molecule has 5 nitrogen and oxygen atoms in total. The molecule has 0 aliphatic rings. The van der Waals surface area contributed by atoms with Gasteiger partial charge in [-0.15, -0.1) is 0 Å². The van der Waals surface area contributed by atoms with Crippen LogP contribution in [0.2, 0.25) is 0 Å². The van der Waals surface area contributed by atoms with E-state index in [9.17, 15) is 18.0 Å². The molecule has 1 aromatic heterocycles. The SMILES string of the molecule is CCN(CC)CCCNC(=O)CCn1nc(C(F)(F)F)cc1C. The quantitative estimate of drug-likeness (QED) is 0.706. The molecule has 0 bridgehead atoms. The van der Waals surface area contributed by atoms with Crippen molar-refractivity contribution < 1.29 is 18.0 Å². The predicted molar refractivity (Wildman–Crippen MR) is 82.0 cm³/mol. The van der Waals surface area contributed by atoms with Crippen LogP contribution < -0.4 is 5.32 Å². The number of carbonyl (C=O) groups is 1. The van der Waals surface area contributed by atoms with Gasteiger partial charge in [0.1, 0.15) is 0 Å². The van der Waals surface area contributed by atoms with E-state index in [1.165, 1.54) is 4.68 Å². The number of rotatable bonds is 9. The number of halogens is 3. The summed E-state index contributed by atoms with van der Waals surface area (Å²) < 4.78 is 38.9. The summed E-state index contributed by atoms with van der Waals surface area (Å²) in [6.45, 7) is 9.30. The van der Waals surface area contributed by atoms with Gasteiger partial charge in [-0.1, -0.05) is 13.8 Å². The van der Waals surface area contributed by atoms with Crippen LogP contribution in [0.25, 0.3) is 0 Å². The van der Waals surface area contributed by atoms with Crippen LogP contribution in [0.3, 0.4) is 0 Å². The number of amides is 1. The summed E-state index contributed by atoms with van der Waals surface area (Å²) in [6.07, 6.45) is -3.49. The number of aryl methyl sites for hydroxylation is 2. The maximum Gasteiger partial charge on any atom is 0.435 e. The summed E-state index contributed by atoms with van der Waals surface area (Å²) in [7, 11) is 0. The van der Waals surface area contributed by atoms with Gasteiger partial charge in [-0.25, -0.2) is 0 Å². The molecule has 0 fully saturated rings. The van der Waals surface area contributed by atoms with Gasteiger partial charge < -0.3 is 10.2 Å². The first-order valence-corrected chi connectivity index (χ1v) is 7.88. The van der Waals surface area contributed by atoms with Gasteiger partial charge in [0.2, 0.25) is 5.91 Å². The van der Waals surface area contributed by atoms with Gasteiger partial charge in [-0.2, -0.15) is 18.3 Å². The van der Waals surface area contributed by atoms with Crippen molar-refractivity contribution in [2.24, 2.45) is 0 Å². The molecule has 0 aromatic carbocycles. The van der Waals surface area contributed by atoms with Crippen molar-refractivity contribution in [3.63, 3.8) is 0 Å². The van der Waals surface area contributed by atoms with Crippen LogP contribution in [0, 0.1) is 6.92 Å². The van der Waals surface area contributed by atoms with Gasteiger partial charge in [0.15, 0.2) is 5.69 Å². The lowest BCUT2D eigenvalue weighted by Crippen LogP contribution is -2.30. The highest BCUT2D eigenvalue weighted by Gasteiger charge is 2.34. The van der Waals surface area contributed by atoms with Crippen molar-refractivity contribution in [2.45, 2.75) is 46.3 Å². The Hall–Kier alpha value is -1.57. The molecule has 0 aliphatic carbocycles. The second-order valence-electron chi connectivity index (χ2n) is 5.37. The second-order valence-corrected chi connectivity index (χ2v) is 5.37. The number of hydrogen-bond donors (Lipinski definition) is 1. The van der Waals surface area contributed by atoms with Crippen LogP contribution in [-0.4, -0.2) is 46.8 Å². The van der Waals surface area contributed by atoms with Crippen molar-refractivity contribution >= 4 is 5.91 Å². The topological polar surface area (TPSA) is 50.2 Å². The minimum absolute atomic E-state index is 0.116. The minimum Gasteiger partial charge on any atom is -0.356 e. The number of alkyl halides is 3. The highest BCUT2D eigenvalue weighted by Crippen LogP contribution is 2.28. The monoisotopic (exact) mass is 334 g/mol. The molecule has 0 saturated carbocycles. The van der Waals surface area contributed by atoms with Gasteiger partial charge >= 0.3 is 6.18 Å². The fourth-order valence-corrected chi connectivity index (χ4v) is 2.24. The zero-order valence-corrected chi connectivity index (χ0v) is 13.9. The van der Waals surface area contributed by atoms with Crippen molar-refractivity contribution in [1.29, 1.82) is 0 Å². The van der Waals surface area contributed by atoms with Crippen molar-refractivity contribution in [2.75, 3.05) is 26.2 Å². The number of hydrogen-bond acceptors (Lipinski definition) is 3. The van der Waals surface area contributed by atoms with E-state index in [0.717, 1.165) is 32.1 Å². The Bertz CT molecular complexity index is 495. The van der Waals surface area contributed by atoms with E-state index in [2.05, 4.69) is 29.2 Å². The highest BCUT2D eigenvalue weighted by atomic mass is 19.4. The molecule has 0 unspecified atom stereocenters. The average molecular weight is 334 g/mol. The zero-order chi connectivity index (χ0) is 17.5. The summed E-state index contributed by atoms with van der Waals surface area (Å²) >= 11 is 0. The van der Waals surface area contributed by atoms with Crippen molar-refractivity contribution in [1.82, 2.24) is 20.0 Å². The van der Waals surface area contributed by atoms with E-state index in [0.29, 0.717) is 12.2 Å². The van der Waals surface area contributed by atoms with E-state index < -0.39 is 11.9 Å². The van der Waals surface area contributed by atoms with E-state index in [4.69, 9.17) is 0 Å². The lowest BCUT2D eigenvalue weighted by molar-refractivity contribution is -0.141.